The molecule has 1 aliphatic heterocycles. The molecule has 1 aromatic heterocycles. The second-order valence-electron chi connectivity index (χ2n) is 6.58. The van der Waals surface area contributed by atoms with Crippen LogP contribution in [0.4, 0.5) is 5.82 Å². The summed E-state index contributed by atoms with van der Waals surface area (Å²) in [5, 5.41) is 0. The van der Waals surface area contributed by atoms with Gasteiger partial charge in [0.15, 0.2) is 0 Å². The quantitative estimate of drug-likeness (QED) is 0.856. The number of carbonyl (C=O) groups is 1. The second-order valence-corrected chi connectivity index (χ2v) is 6.58. The standard InChI is InChI=1S/C17H26N4O/c1-13-15-8-9-16(22)21(17(15)19-12-18-13)11-10-20(2)14-6-4-3-5-7-14/h12,14H,3-11H2,1-2H3. The Morgan fingerprint density at radius 3 is 2.77 bits per heavy atom. The Balaban J connectivity index is 1.67. The van der Waals surface area contributed by atoms with Crippen molar-refractivity contribution in [3.8, 4) is 0 Å². The van der Waals surface area contributed by atoms with Crippen molar-refractivity contribution in [1.29, 1.82) is 0 Å². The van der Waals surface area contributed by atoms with Crippen LogP contribution in [0.5, 0.6) is 0 Å². The first-order chi connectivity index (χ1) is 10.7. The summed E-state index contributed by atoms with van der Waals surface area (Å²) in [5.74, 6) is 1.03. The topological polar surface area (TPSA) is 49.3 Å². The summed E-state index contributed by atoms with van der Waals surface area (Å²) in [6, 6.07) is 0.681. The molecule has 1 aliphatic carbocycles. The zero-order valence-electron chi connectivity index (χ0n) is 13.7. The molecule has 0 aromatic carbocycles. The first kappa shape index (κ1) is 15.4. The molecule has 1 fully saturated rings. The normalized spacial score (nSPS) is 19.6. The van der Waals surface area contributed by atoms with Gasteiger partial charge in [-0.15, -0.1) is 0 Å². The third-order valence-electron chi connectivity index (χ3n) is 5.16. The molecule has 0 bridgehead atoms. The molecule has 3 rings (SSSR count). The minimum Gasteiger partial charge on any atom is -0.302 e. The molecule has 5 nitrogen and oxygen atoms in total. The Hall–Kier alpha value is -1.49. The van der Waals surface area contributed by atoms with Crippen LogP contribution in [0.1, 0.15) is 49.8 Å². The van der Waals surface area contributed by atoms with Crippen molar-refractivity contribution in [2.45, 2.75) is 57.9 Å². The molecule has 1 saturated carbocycles. The highest BCUT2D eigenvalue weighted by atomic mass is 16.2. The first-order valence-corrected chi connectivity index (χ1v) is 8.48. The Kier molecular flexibility index (Phi) is 4.71. The average Bonchev–Trinajstić information content (AvgIpc) is 2.54. The number of hydrogen-bond donors (Lipinski definition) is 0. The summed E-state index contributed by atoms with van der Waals surface area (Å²) >= 11 is 0. The van der Waals surface area contributed by atoms with Crippen LogP contribution in [-0.4, -0.2) is 47.0 Å². The van der Waals surface area contributed by atoms with Gasteiger partial charge in [-0.25, -0.2) is 9.97 Å². The molecule has 22 heavy (non-hydrogen) atoms. The fraction of sp³-hybridized carbons (Fsp3) is 0.706. The summed E-state index contributed by atoms with van der Waals surface area (Å²) in [4.78, 5) is 25.2. The van der Waals surface area contributed by atoms with Crippen molar-refractivity contribution in [2.24, 2.45) is 0 Å². The number of carbonyl (C=O) groups excluding carboxylic acids is 1. The van der Waals surface area contributed by atoms with Crippen LogP contribution in [0.2, 0.25) is 0 Å². The van der Waals surface area contributed by atoms with Crippen molar-refractivity contribution < 1.29 is 4.79 Å². The highest BCUT2D eigenvalue weighted by molar-refractivity contribution is 5.95. The summed E-state index contributed by atoms with van der Waals surface area (Å²) in [5.41, 5.74) is 2.14. The fourth-order valence-corrected chi connectivity index (χ4v) is 3.69. The van der Waals surface area contributed by atoms with Gasteiger partial charge in [0.05, 0.1) is 0 Å². The maximum Gasteiger partial charge on any atom is 0.228 e. The van der Waals surface area contributed by atoms with Gasteiger partial charge >= 0.3 is 0 Å². The van der Waals surface area contributed by atoms with Crippen LogP contribution >= 0.6 is 0 Å². The van der Waals surface area contributed by atoms with E-state index < -0.39 is 0 Å². The van der Waals surface area contributed by atoms with Crippen LogP contribution in [0.15, 0.2) is 6.33 Å². The van der Waals surface area contributed by atoms with Crippen molar-refractivity contribution in [2.75, 3.05) is 25.0 Å². The molecule has 1 aromatic rings. The van der Waals surface area contributed by atoms with Crippen molar-refractivity contribution in [3.05, 3.63) is 17.6 Å². The summed E-state index contributed by atoms with van der Waals surface area (Å²) in [6.07, 6.45) is 9.57. The third-order valence-corrected chi connectivity index (χ3v) is 5.16. The molecule has 1 amide bonds. The van der Waals surface area contributed by atoms with Gasteiger partial charge < -0.3 is 4.90 Å². The van der Waals surface area contributed by atoms with Crippen LogP contribution in [0.25, 0.3) is 0 Å². The molecule has 5 heteroatoms. The van der Waals surface area contributed by atoms with Gasteiger partial charge in [-0.2, -0.15) is 0 Å². The van der Waals surface area contributed by atoms with E-state index >= 15 is 0 Å². The van der Waals surface area contributed by atoms with E-state index in [0.29, 0.717) is 12.5 Å². The number of hydrogen-bond acceptors (Lipinski definition) is 4. The van der Waals surface area contributed by atoms with E-state index in [1.807, 2.05) is 11.8 Å². The number of nitrogens with zero attached hydrogens (tertiary/aromatic N) is 4. The monoisotopic (exact) mass is 302 g/mol. The predicted octanol–water partition coefficient (Wildman–Crippen LogP) is 2.33. The van der Waals surface area contributed by atoms with Gasteiger partial charge in [0.2, 0.25) is 5.91 Å². The molecule has 120 valence electrons. The lowest BCUT2D eigenvalue weighted by Gasteiger charge is -2.34. The van der Waals surface area contributed by atoms with Gasteiger partial charge in [-0.1, -0.05) is 19.3 Å². The zero-order valence-corrected chi connectivity index (χ0v) is 13.7. The second kappa shape index (κ2) is 6.73. The molecular weight excluding hydrogens is 276 g/mol. The van der Waals surface area contributed by atoms with Crippen molar-refractivity contribution >= 4 is 11.7 Å². The number of likely N-dealkylation sites (N-methyl/N-ethyl adjacent to an activating group) is 1. The number of aryl methyl sites for hydroxylation is 1. The van der Waals surface area contributed by atoms with Gasteiger partial charge in [0.25, 0.3) is 0 Å². The SMILES string of the molecule is Cc1ncnc2c1CCC(=O)N2CCN(C)C1CCCCC1. The molecule has 0 unspecified atom stereocenters. The first-order valence-electron chi connectivity index (χ1n) is 8.48. The minimum atomic E-state index is 0.197. The van der Waals surface area contributed by atoms with E-state index in [0.717, 1.165) is 36.6 Å². The van der Waals surface area contributed by atoms with Crippen LogP contribution in [0.3, 0.4) is 0 Å². The average molecular weight is 302 g/mol. The number of rotatable bonds is 4. The molecule has 0 radical (unpaired) electrons. The largest absolute Gasteiger partial charge is 0.302 e. The summed E-state index contributed by atoms with van der Waals surface area (Å²) in [7, 11) is 2.19. The Morgan fingerprint density at radius 2 is 2.00 bits per heavy atom. The van der Waals surface area contributed by atoms with E-state index in [1.165, 1.54) is 32.1 Å². The van der Waals surface area contributed by atoms with Crippen LogP contribution in [-0.2, 0) is 11.2 Å². The molecule has 2 heterocycles. The van der Waals surface area contributed by atoms with E-state index in [4.69, 9.17) is 0 Å². The van der Waals surface area contributed by atoms with Gasteiger partial charge in [0.1, 0.15) is 12.1 Å². The van der Waals surface area contributed by atoms with Gasteiger partial charge in [-0.3, -0.25) is 9.69 Å². The number of fused-ring (bicyclic) bond motifs is 1. The summed E-state index contributed by atoms with van der Waals surface area (Å²) < 4.78 is 0. The molecule has 0 saturated heterocycles. The Labute approximate surface area is 132 Å². The van der Waals surface area contributed by atoms with Crippen molar-refractivity contribution in [1.82, 2.24) is 14.9 Å². The van der Waals surface area contributed by atoms with Gasteiger partial charge in [-0.05, 0) is 33.2 Å². The Bertz CT molecular complexity index is 539. The summed E-state index contributed by atoms with van der Waals surface area (Å²) in [6.45, 7) is 3.65. The highest BCUT2D eigenvalue weighted by Crippen LogP contribution is 2.27. The van der Waals surface area contributed by atoms with E-state index in [9.17, 15) is 4.79 Å². The lowest BCUT2D eigenvalue weighted by Crippen LogP contribution is -2.44. The lowest BCUT2D eigenvalue weighted by molar-refractivity contribution is -0.119. The molecular formula is C17H26N4O. The molecule has 0 atom stereocenters. The van der Waals surface area contributed by atoms with Crippen LogP contribution in [0, 0.1) is 6.92 Å². The van der Waals surface area contributed by atoms with Gasteiger partial charge in [0, 0.05) is 36.8 Å². The molecule has 0 spiro atoms. The van der Waals surface area contributed by atoms with Crippen molar-refractivity contribution in [3.63, 3.8) is 0 Å². The maximum absolute atomic E-state index is 12.3. The fourth-order valence-electron chi connectivity index (χ4n) is 3.69. The van der Waals surface area contributed by atoms with Crippen LogP contribution < -0.4 is 4.90 Å². The Morgan fingerprint density at radius 1 is 1.23 bits per heavy atom. The van der Waals surface area contributed by atoms with E-state index in [2.05, 4.69) is 21.9 Å². The highest BCUT2D eigenvalue weighted by Gasteiger charge is 2.27. The third kappa shape index (κ3) is 3.14. The van der Waals surface area contributed by atoms with E-state index in [1.54, 1.807) is 6.33 Å². The molecule has 2 aliphatic rings. The maximum atomic E-state index is 12.3. The predicted molar refractivity (Wildman–Crippen MR) is 86.9 cm³/mol. The smallest absolute Gasteiger partial charge is 0.228 e. The minimum absolute atomic E-state index is 0.197. The molecule has 0 N–H and O–H groups in total. The number of aromatic nitrogens is 2. The van der Waals surface area contributed by atoms with E-state index in [-0.39, 0.29) is 5.91 Å². The number of amides is 1. The zero-order chi connectivity index (χ0) is 15.5. The lowest BCUT2D eigenvalue weighted by atomic mass is 9.94. The number of anilines is 1.